The molecule has 0 aromatic rings. The molecule has 0 aromatic carbocycles. The van der Waals surface area contributed by atoms with Crippen molar-refractivity contribution >= 4 is 0 Å². The molecular weight excluding hydrogens is 152 g/mol. The minimum Gasteiger partial charge on any atom is -0.365 e. The van der Waals surface area contributed by atoms with E-state index in [4.69, 9.17) is 4.74 Å². The normalized spacial score (nSPS) is 46.1. The van der Waals surface area contributed by atoms with Crippen LogP contribution in [0.2, 0.25) is 0 Å². The molecule has 1 aliphatic carbocycles. The number of fused-ring (bicyclic) bond motifs is 1. The lowest BCUT2D eigenvalue weighted by Crippen LogP contribution is -2.39. The topological polar surface area (TPSA) is 29.5 Å². The SMILES string of the molecule is C=CC[C@@]12CCC[C@]1(O)OCC2. The maximum atomic E-state index is 10.1. The fourth-order valence-corrected chi connectivity index (χ4v) is 2.73. The lowest BCUT2D eigenvalue weighted by Gasteiger charge is -2.33. The van der Waals surface area contributed by atoms with Crippen molar-refractivity contribution in [2.24, 2.45) is 5.41 Å². The van der Waals surface area contributed by atoms with Gasteiger partial charge in [0.1, 0.15) is 0 Å². The quantitative estimate of drug-likeness (QED) is 0.637. The van der Waals surface area contributed by atoms with Gasteiger partial charge in [-0.2, -0.15) is 0 Å². The Hall–Kier alpha value is -0.340. The minimum atomic E-state index is -0.818. The van der Waals surface area contributed by atoms with Crippen molar-refractivity contribution in [3.63, 3.8) is 0 Å². The van der Waals surface area contributed by atoms with Gasteiger partial charge in [0.25, 0.3) is 0 Å². The Balaban J connectivity index is 2.25. The van der Waals surface area contributed by atoms with E-state index in [1.54, 1.807) is 0 Å². The first-order chi connectivity index (χ1) is 5.72. The first kappa shape index (κ1) is 8.27. The molecule has 1 heterocycles. The first-order valence-electron chi connectivity index (χ1n) is 4.70. The van der Waals surface area contributed by atoms with E-state index in [1.165, 1.54) is 0 Å². The monoisotopic (exact) mass is 168 g/mol. The molecule has 1 saturated carbocycles. The van der Waals surface area contributed by atoms with Crippen LogP contribution in [0.15, 0.2) is 12.7 Å². The smallest absolute Gasteiger partial charge is 0.171 e. The van der Waals surface area contributed by atoms with Gasteiger partial charge in [-0.1, -0.05) is 6.08 Å². The van der Waals surface area contributed by atoms with E-state index >= 15 is 0 Å². The average molecular weight is 168 g/mol. The molecule has 2 atom stereocenters. The summed E-state index contributed by atoms with van der Waals surface area (Å²) in [5.74, 6) is -0.818. The highest BCUT2D eigenvalue weighted by Crippen LogP contribution is 2.55. The second-order valence-electron chi connectivity index (χ2n) is 4.01. The lowest BCUT2D eigenvalue weighted by molar-refractivity contribution is -0.211. The second-order valence-corrected chi connectivity index (χ2v) is 4.01. The van der Waals surface area contributed by atoms with Gasteiger partial charge in [-0.3, -0.25) is 0 Å². The zero-order chi connectivity index (χ0) is 8.66. The first-order valence-corrected chi connectivity index (χ1v) is 4.70. The van der Waals surface area contributed by atoms with E-state index in [2.05, 4.69) is 6.58 Å². The molecule has 0 aromatic heterocycles. The standard InChI is InChI=1S/C10H16O2/c1-2-4-9-5-3-6-10(9,11)12-8-7-9/h2,11H,1,3-8H2/t9-,10-/m0/s1. The number of ether oxygens (including phenoxy) is 1. The van der Waals surface area contributed by atoms with Gasteiger partial charge in [-0.15, -0.1) is 6.58 Å². The summed E-state index contributed by atoms with van der Waals surface area (Å²) in [6, 6.07) is 0. The summed E-state index contributed by atoms with van der Waals surface area (Å²) in [5, 5.41) is 10.1. The van der Waals surface area contributed by atoms with Gasteiger partial charge >= 0.3 is 0 Å². The van der Waals surface area contributed by atoms with E-state index in [-0.39, 0.29) is 5.41 Å². The van der Waals surface area contributed by atoms with Crippen LogP contribution in [-0.4, -0.2) is 17.5 Å². The summed E-state index contributed by atoms with van der Waals surface area (Å²) in [4.78, 5) is 0. The highest BCUT2D eigenvalue weighted by Gasteiger charge is 2.57. The van der Waals surface area contributed by atoms with Crippen LogP contribution in [0.25, 0.3) is 0 Å². The predicted octanol–water partition coefficient (Wildman–Crippen LogP) is 1.84. The molecule has 1 N–H and O–H groups in total. The highest BCUT2D eigenvalue weighted by atomic mass is 16.6. The third-order valence-electron chi connectivity index (χ3n) is 3.46. The van der Waals surface area contributed by atoms with Crippen LogP contribution in [-0.2, 0) is 4.74 Å². The van der Waals surface area contributed by atoms with Gasteiger partial charge in [0, 0.05) is 11.8 Å². The largest absolute Gasteiger partial charge is 0.365 e. The van der Waals surface area contributed by atoms with E-state index < -0.39 is 5.79 Å². The van der Waals surface area contributed by atoms with Gasteiger partial charge in [0.2, 0.25) is 0 Å². The van der Waals surface area contributed by atoms with E-state index in [0.29, 0.717) is 6.61 Å². The maximum absolute atomic E-state index is 10.1. The summed E-state index contributed by atoms with van der Waals surface area (Å²) < 4.78 is 5.43. The molecule has 1 saturated heterocycles. The zero-order valence-corrected chi connectivity index (χ0v) is 7.38. The van der Waals surface area contributed by atoms with Crippen LogP contribution >= 0.6 is 0 Å². The number of hydrogen-bond acceptors (Lipinski definition) is 2. The zero-order valence-electron chi connectivity index (χ0n) is 7.38. The number of allylic oxidation sites excluding steroid dienone is 1. The van der Waals surface area contributed by atoms with E-state index in [0.717, 1.165) is 32.1 Å². The number of aliphatic hydroxyl groups is 1. The molecule has 0 amide bonds. The molecule has 2 heteroatoms. The molecule has 1 aliphatic heterocycles. The Morgan fingerprint density at radius 2 is 2.25 bits per heavy atom. The molecule has 68 valence electrons. The Morgan fingerprint density at radius 1 is 1.42 bits per heavy atom. The Kier molecular flexibility index (Phi) is 1.77. The van der Waals surface area contributed by atoms with Crippen molar-refractivity contribution in [3.05, 3.63) is 12.7 Å². The third-order valence-corrected chi connectivity index (χ3v) is 3.46. The molecule has 2 aliphatic rings. The molecule has 12 heavy (non-hydrogen) atoms. The average Bonchev–Trinajstić information content (AvgIpc) is 2.42. The third kappa shape index (κ3) is 0.882. The van der Waals surface area contributed by atoms with Gasteiger partial charge in [-0.05, 0) is 25.7 Å². The van der Waals surface area contributed by atoms with Crippen LogP contribution in [0.5, 0.6) is 0 Å². The Labute approximate surface area is 73.2 Å². The molecule has 2 rings (SSSR count). The molecule has 0 unspecified atom stereocenters. The van der Waals surface area contributed by atoms with E-state index in [9.17, 15) is 5.11 Å². The van der Waals surface area contributed by atoms with Gasteiger partial charge in [0.05, 0.1) is 6.61 Å². The van der Waals surface area contributed by atoms with Crippen LogP contribution in [0.4, 0.5) is 0 Å². The molecule has 0 bridgehead atoms. The second kappa shape index (κ2) is 2.57. The molecule has 0 radical (unpaired) electrons. The summed E-state index contributed by atoms with van der Waals surface area (Å²) in [6.07, 6.45) is 6.78. The fourth-order valence-electron chi connectivity index (χ4n) is 2.73. The van der Waals surface area contributed by atoms with Crippen LogP contribution in [0.1, 0.15) is 32.1 Å². The van der Waals surface area contributed by atoms with Crippen LogP contribution < -0.4 is 0 Å². The van der Waals surface area contributed by atoms with E-state index in [1.807, 2.05) is 6.08 Å². The predicted molar refractivity (Wildman–Crippen MR) is 46.6 cm³/mol. The van der Waals surface area contributed by atoms with Crippen molar-refractivity contribution in [1.82, 2.24) is 0 Å². The number of rotatable bonds is 2. The Morgan fingerprint density at radius 3 is 3.00 bits per heavy atom. The molecule has 2 nitrogen and oxygen atoms in total. The number of hydrogen-bond donors (Lipinski definition) is 1. The van der Waals surface area contributed by atoms with Crippen LogP contribution in [0.3, 0.4) is 0 Å². The van der Waals surface area contributed by atoms with Crippen molar-refractivity contribution in [3.8, 4) is 0 Å². The van der Waals surface area contributed by atoms with Crippen molar-refractivity contribution in [2.45, 2.75) is 37.9 Å². The lowest BCUT2D eigenvalue weighted by atomic mass is 9.77. The van der Waals surface area contributed by atoms with Gasteiger partial charge < -0.3 is 9.84 Å². The van der Waals surface area contributed by atoms with Crippen molar-refractivity contribution < 1.29 is 9.84 Å². The molecular formula is C10H16O2. The minimum absolute atomic E-state index is 0.00868. The molecule has 0 spiro atoms. The maximum Gasteiger partial charge on any atom is 0.171 e. The fraction of sp³-hybridized carbons (Fsp3) is 0.800. The molecule has 2 fully saturated rings. The Bertz CT molecular complexity index is 188. The van der Waals surface area contributed by atoms with Gasteiger partial charge in [0.15, 0.2) is 5.79 Å². The summed E-state index contributed by atoms with van der Waals surface area (Å²) >= 11 is 0. The highest BCUT2D eigenvalue weighted by molar-refractivity contribution is 5.04. The summed E-state index contributed by atoms with van der Waals surface area (Å²) in [6.45, 7) is 4.46. The van der Waals surface area contributed by atoms with Crippen molar-refractivity contribution in [1.29, 1.82) is 0 Å². The summed E-state index contributed by atoms with van der Waals surface area (Å²) in [7, 11) is 0. The summed E-state index contributed by atoms with van der Waals surface area (Å²) in [5.41, 5.74) is 0.00868. The van der Waals surface area contributed by atoms with Gasteiger partial charge in [-0.25, -0.2) is 0 Å². The van der Waals surface area contributed by atoms with Crippen molar-refractivity contribution in [2.75, 3.05) is 6.61 Å². The van der Waals surface area contributed by atoms with Crippen LogP contribution in [0, 0.1) is 5.41 Å².